The van der Waals surface area contributed by atoms with Gasteiger partial charge in [-0.2, -0.15) is 10.2 Å². The van der Waals surface area contributed by atoms with Gasteiger partial charge < -0.3 is 0 Å². The van der Waals surface area contributed by atoms with E-state index in [1.807, 2.05) is 0 Å². The Morgan fingerprint density at radius 1 is 1.24 bits per heavy atom. The molecule has 0 unspecified atom stereocenters. The van der Waals surface area contributed by atoms with Gasteiger partial charge in [0.25, 0.3) is 5.91 Å². The first-order valence-corrected chi connectivity index (χ1v) is 4.87. The zero-order chi connectivity index (χ0) is 11.9. The molecule has 2 heterocycles. The number of nitrogens with zero attached hydrogens (tertiary/aromatic N) is 4. The minimum atomic E-state index is -0.400. The van der Waals surface area contributed by atoms with E-state index in [9.17, 15) is 4.79 Å². The Kier molecular flexibility index (Phi) is 3.49. The number of carbonyl (C=O) groups excluding carboxylic acids is 1. The van der Waals surface area contributed by atoms with E-state index in [0.717, 1.165) is 5.56 Å². The standard InChI is InChI=1S/C11H9N5O/c17-11(10-2-1-5-13-15-10)16-14-8-9-3-6-12-7-4-9/h1-8H,(H,16,17). The molecule has 1 N–H and O–H groups in total. The fourth-order valence-corrected chi connectivity index (χ4v) is 1.09. The Hall–Kier alpha value is -2.63. The molecule has 0 aliphatic carbocycles. The van der Waals surface area contributed by atoms with Crippen molar-refractivity contribution < 1.29 is 4.79 Å². The van der Waals surface area contributed by atoms with E-state index in [1.165, 1.54) is 12.4 Å². The van der Waals surface area contributed by atoms with Crippen LogP contribution in [0.2, 0.25) is 0 Å². The van der Waals surface area contributed by atoms with Gasteiger partial charge in [0.05, 0.1) is 6.21 Å². The molecule has 84 valence electrons. The molecule has 2 aromatic heterocycles. The van der Waals surface area contributed by atoms with Crippen LogP contribution in [-0.2, 0) is 0 Å². The summed E-state index contributed by atoms with van der Waals surface area (Å²) in [6, 6.07) is 6.74. The molecule has 6 nitrogen and oxygen atoms in total. The largest absolute Gasteiger partial charge is 0.291 e. The quantitative estimate of drug-likeness (QED) is 0.616. The van der Waals surface area contributed by atoms with Gasteiger partial charge in [-0.1, -0.05) is 0 Å². The molecule has 6 heteroatoms. The van der Waals surface area contributed by atoms with Crippen LogP contribution in [0.25, 0.3) is 0 Å². The first-order chi connectivity index (χ1) is 8.36. The number of amides is 1. The molecule has 0 atom stereocenters. The zero-order valence-electron chi connectivity index (χ0n) is 8.82. The first kappa shape index (κ1) is 10.9. The molecule has 0 spiro atoms. The van der Waals surface area contributed by atoms with Crippen LogP contribution in [-0.4, -0.2) is 27.3 Å². The molecule has 0 aliphatic heterocycles. The highest BCUT2D eigenvalue weighted by Crippen LogP contribution is 1.92. The van der Waals surface area contributed by atoms with Gasteiger partial charge in [-0.05, 0) is 29.8 Å². The smallest absolute Gasteiger partial charge is 0.265 e. The third kappa shape index (κ3) is 3.16. The molecular formula is C11H9N5O. The molecule has 1 amide bonds. The highest BCUT2D eigenvalue weighted by atomic mass is 16.2. The third-order valence-corrected chi connectivity index (χ3v) is 1.89. The monoisotopic (exact) mass is 227 g/mol. The van der Waals surface area contributed by atoms with Gasteiger partial charge in [-0.15, -0.1) is 5.10 Å². The summed E-state index contributed by atoms with van der Waals surface area (Å²) in [5.74, 6) is -0.400. The lowest BCUT2D eigenvalue weighted by atomic mass is 10.3. The minimum Gasteiger partial charge on any atom is -0.265 e. The summed E-state index contributed by atoms with van der Waals surface area (Å²) >= 11 is 0. The van der Waals surface area contributed by atoms with Crippen LogP contribution in [0.15, 0.2) is 48.0 Å². The number of hydrazone groups is 1. The van der Waals surface area contributed by atoms with Gasteiger partial charge in [-0.25, -0.2) is 5.43 Å². The average molecular weight is 227 g/mol. The van der Waals surface area contributed by atoms with Crippen LogP contribution in [0.1, 0.15) is 16.1 Å². The van der Waals surface area contributed by atoms with Crippen LogP contribution in [0, 0.1) is 0 Å². The zero-order valence-corrected chi connectivity index (χ0v) is 8.82. The van der Waals surface area contributed by atoms with Crippen molar-refractivity contribution >= 4 is 12.1 Å². The van der Waals surface area contributed by atoms with Crippen LogP contribution in [0.4, 0.5) is 0 Å². The predicted molar refractivity (Wildman–Crippen MR) is 61.3 cm³/mol. The van der Waals surface area contributed by atoms with Crippen molar-refractivity contribution in [2.75, 3.05) is 0 Å². The normalized spacial score (nSPS) is 10.4. The van der Waals surface area contributed by atoms with Gasteiger partial charge in [-0.3, -0.25) is 9.78 Å². The lowest BCUT2D eigenvalue weighted by Crippen LogP contribution is -2.19. The summed E-state index contributed by atoms with van der Waals surface area (Å²) in [7, 11) is 0. The highest BCUT2D eigenvalue weighted by Gasteiger charge is 2.04. The van der Waals surface area contributed by atoms with Crippen molar-refractivity contribution in [3.05, 3.63) is 54.1 Å². The molecular weight excluding hydrogens is 218 g/mol. The summed E-state index contributed by atoms with van der Waals surface area (Å²) in [5, 5.41) is 11.1. The number of pyridine rings is 1. The van der Waals surface area contributed by atoms with Crippen LogP contribution in [0.5, 0.6) is 0 Å². The molecule has 0 fully saturated rings. The van der Waals surface area contributed by atoms with E-state index >= 15 is 0 Å². The number of nitrogens with one attached hydrogen (secondary N) is 1. The lowest BCUT2D eigenvalue weighted by Gasteiger charge is -1.96. The van der Waals surface area contributed by atoms with Crippen molar-refractivity contribution in [1.82, 2.24) is 20.6 Å². The summed E-state index contributed by atoms with van der Waals surface area (Å²) in [6.07, 6.45) is 6.31. The van der Waals surface area contributed by atoms with E-state index in [2.05, 4.69) is 25.7 Å². The molecule has 2 rings (SSSR count). The maximum absolute atomic E-state index is 11.5. The van der Waals surface area contributed by atoms with Crippen molar-refractivity contribution in [3.8, 4) is 0 Å². The second kappa shape index (κ2) is 5.45. The second-order valence-electron chi connectivity index (χ2n) is 3.09. The topological polar surface area (TPSA) is 80.1 Å². The van der Waals surface area contributed by atoms with E-state index in [4.69, 9.17) is 0 Å². The Morgan fingerprint density at radius 2 is 2.06 bits per heavy atom. The molecule has 0 bridgehead atoms. The van der Waals surface area contributed by atoms with Crippen LogP contribution < -0.4 is 5.43 Å². The number of rotatable bonds is 3. The predicted octanol–water partition coefficient (Wildman–Crippen LogP) is 0.635. The van der Waals surface area contributed by atoms with Crippen molar-refractivity contribution in [1.29, 1.82) is 0 Å². The fourth-order valence-electron chi connectivity index (χ4n) is 1.09. The molecule has 0 saturated heterocycles. The minimum absolute atomic E-state index is 0.222. The summed E-state index contributed by atoms with van der Waals surface area (Å²) in [6.45, 7) is 0. The number of hydrogen-bond donors (Lipinski definition) is 1. The number of hydrogen-bond acceptors (Lipinski definition) is 5. The summed E-state index contributed by atoms with van der Waals surface area (Å²) in [5.41, 5.74) is 3.42. The molecule has 17 heavy (non-hydrogen) atoms. The van der Waals surface area contributed by atoms with Crippen LogP contribution >= 0.6 is 0 Å². The van der Waals surface area contributed by atoms with Crippen molar-refractivity contribution in [2.24, 2.45) is 5.10 Å². The second-order valence-corrected chi connectivity index (χ2v) is 3.09. The third-order valence-electron chi connectivity index (χ3n) is 1.89. The summed E-state index contributed by atoms with van der Waals surface area (Å²) < 4.78 is 0. The van der Waals surface area contributed by atoms with Gasteiger partial charge in [0.2, 0.25) is 0 Å². The average Bonchev–Trinajstić information content (AvgIpc) is 2.41. The van der Waals surface area contributed by atoms with E-state index in [1.54, 1.807) is 36.7 Å². The van der Waals surface area contributed by atoms with Gasteiger partial charge >= 0.3 is 0 Å². The maximum atomic E-state index is 11.5. The molecule has 0 saturated carbocycles. The van der Waals surface area contributed by atoms with E-state index < -0.39 is 5.91 Å². The molecule has 2 aromatic rings. The molecule has 0 radical (unpaired) electrons. The van der Waals surface area contributed by atoms with Gasteiger partial charge in [0.15, 0.2) is 5.69 Å². The molecule has 0 aliphatic rings. The fraction of sp³-hybridized carbons (Fsp3) is 0. The van der Waals surface area contributed by atoms with E-state index in [0.29, 0.717) is 0 Å². The summed E-state index contributed by atoms with van der Waals surface area (Å²) in [4.78, 5) is 15.4. The lowest BCUT2D eigenvalue weighted by molar-refractivity contribution is 0.0949. The Balaban J connectivity index is 1.95. The van der Waals surface area contributed by atoms with Gasteiger partial charge in [0, 0.05) is 18.6 Å². The SMILES string of the molecule is O=C(NN=Cc1ccncc1)c1cccnn1. The van der Waals surface area contributed by atoms with Crippen molar-refractivity contribution in [3.63, 3.8) is 0 Å². The first-order valence-electron chi connectivity index (χ1n) is 4.87. The number of aromatic nitrogens is 3. The highest BCUT2D eigenvalue weighted by molar-refractivity contribution is 5.92. The number of carbonyl (C=O) groups is 1. The van der Waals surface area contributed by atoms with Crippen molar-refractivity contribution in [2.45, 2.75) is 0 Å². The van der Waals surface area contributed by atoms with E-state index in [-0.39, 0.29) is 5.69 Å². The maximum Gasteiger partial charge on any atom is 0.291 e. The Labute approximate surface area is 97.4 Å². The van der Waals surface area contributed by atoms with Gasteiger partial charge in [0.1, 0.15) is 0 Å². The Bertz CT molecular complexity index is 512. The molecule has 0 aromatic carbocycles. The Morgan fingerprint density at radius 3 is 2.76 bits per heavy atom. The van der Waals surface area contributed by atoms with Crippen LogP contribution in [0.3, 0.4) is 0 Å².